The minimum absolute atomic E-state index is 0.0218. The number of rotatable bonds is 8. The SMILES string of the molecule is CCOc1ccc(-c2noc(Cn3nc(-c4ccc(OC)cc4)c4ccccc4c3=O)n2)cc1OC. The van der Waals surface area contributed by atoms with Gasteiger partial charge in [0.2, 0.25) is 11.7 Å². The van der Waals surface area contributed by atoms with Crippen LogP contribution >= 0.6 is 0 Å². The molecule has 182 valence electrons. The minimum atomic E-state index is -0.245. The molecule has 0 aliphatic rings. The molecular weight excluding hydrogens is 460 g/mol. The highest BCUT2D eigenvalue weighted by atomic mass is 16.5. The van der Waals surface area contributed by atoms with Crippen LogP contribution in [0.4, 0.5) is 0 Å². The molecule has 0 fully saturated rings. The van der Waals surface area contributed by atoms with Gasteiger partial charge in [-0.25, -0.2) is 4.68 Å². The summed E-state index contributed by atoms with van der Waals surface area (Å²) < 4.78 is 23.1. The number of hydrogen-bond acceptors (Lipinski definition) is 8. The number of ether oxygens (including phenoxy) is 3. The highest BCUT2D eigenvalue weighted by molar-refractivity contribution is 5.93. The summed E-state index contributed by atoms with van der Waals surface area (Å²) >= 11 is 0. The first-order chi connectivity index (χ1) is 17.6. The quantitative estimate of drug-likeness (QED) is 0.316. The number of hydrogen-bond donors (Lipinski definition) is 0. The summed E-state index contributed by atoms with van der Waals surface area (Å²) in [6.07, 6.45) is 0. The molecule has 0 aliphatic carbocycles. The summed E-state index contributed by atoms with van der Waals surface area (Å²) in [5.74, 6) is 2.56. The average molecular weight is 485 g/mol. The Bertz CT molecular complexity index is 1570. The molecule has 0 spiro atoms. The van der Waals surface area contributed by atoms with Gasteiger partial charge in [-0.05, 0) is 55.5 Å². The lowest BCUT2D eigenvalue weighted by molar-refractivity contribution is 0.311. The number of fused-ring (bicyclic) bond motifs is 1. The number of nitrogens with zero attached hydrogens (tertiary/aromatic N) is 4. The van der Waals surface area contributed by atoms with Gasteiger partial charge in [-0.15, -0.1) is 0 Å². The van der Waals surface area contributed by atoms with E-state index in [1.54, 1.807) is 32.4 Å². The molecule has 36 heavy (non-hydrogen) atoms. The second-order valence-electron chi connectivity index (χ2n) is 7.90. The van der Waals surface area contributed by atoms with E-state index in [2.05, 4.69) is 15.2 Å². The third-order valence-electron chi connectivity index (χ3n) is 5.71. The Morgan fingerprint density at radius 1 is 0.889 bits per heavy atom. The predicted molar refractivity (Wildman–Crippen MR) is 135 cm³/mol. The van der Waals surface area contributed by atoms with Crippen molar-refractivity contribution in [3.05, 3.63) is 83.0 Å². The summed E-state index contributed by atoms with van der Waals surface area (Å²) in [4.78, 5) is 17.7. The summed E-state index contributed by atoms with van der Waals surface area (Å²) in [6, 6.07) is 20.3. The number of aromatic nitrogens is 4. The third kappa shape index (κ3) is 4.38. The second-order valence-corrected chi connectivity index (χ2v) is 7.90. The Morgan fingerprint density at radius 3 is 2.36 bits per heavy atom. The molecule has 0 saturated heterocycles. The second kappa shape index (κ2) is 9.91. The van der Waals surface area contributed by atoms with Crippen LogP contribution in [0.5, 0.6) is 17.2 Å². The lowest BCUT2D eigenvalue weighted by atomic mass is 10.0. The zero-order valence-corrected chi connectivity index (χ0v) is 20.1. The van der Waals surface area contributed by atoms with Crippen molar-refractivity contribution in [3.8, 4) is 39.9 Å². The van der Waals surface area contributed by atoms with Crippen LogP contribution < -0.4 is 19.8 Å². The van der Waals surface area contributed by atoms with E-state index < -0.39 is 0 Å². The van der Waals surface area contributed by atoms with E-state index in [-0.39, 0.29) is 18.0 Å². The summed E-state index contributed by atoms with van der Waals surface area (Å²) in [6.45, 7) is 2.45. The third-order valence-corrected chi connectivity index (χ3v) is 5.71. The highest BCUT2D eigenvalue weighted by Gasteiger charge is 2.16. The lowest BCUT2D eigenvalue weighted by Crippen LogP contribution is -2.24. The first-order valence-corrected chi connectivity index (χ1v) is 11.4. The topological polar surface area (TPSA) is 102 Å². The molecule has 0 unspecified atom stereocenters. The number of benzene rings is 3. The largest absolute Gasteiger partial charge is 0.497 e. The van der Waals surface area contributed by atoms with E-state index in [1.807, 2.05) is 55.5 Å². The molecule has 0 atom stereocenters. The van der Waals surface area contributed by atoms with E-state index >= 15 is 0 Å². The molecule has 0 aliphatic heterocycles. The van der Waals surface area contributed by atoms with Crippen molar-refractivity contribution in [3.63, 3.8) is 0 Å². The van der Waals surface area contributed by atoms with E-state index in [9.17, 15) is 4.79 Å². The van der Waals surface area contributed by atoms with Gasteiger partial charge in [-0.2, -0.15) is 10.1 Å². The van der Waals surface area contributed by atoms with E-state index in [4.69, 9.17) is 18.7 Å². The van der Waals surface area contributed by atoms with Gasteiger partial charge < -0.3 is 18.7 Å². The Morgan fingerprint density at radius 2 is 1.64 bits per heavy atom. The fourth-order valence-corrected chi connectivity index (χ4v) is 3.95. The standard InChI is InChI=1S/C27H24N4O5/c1-4-35-22-14-11-18(15-23(22)34-3)26-28-24(36-30-26)16-31-27(32)21-8-6-5-7-20(21)25(29-31)17-9-12-19(33-2)13-10-17/h5-15H,4,16H2,1-3H3. The summed E-state index contributed by atoms with van der Waals surface area (Å²) in [7, 11) is 3.19. The molecule has 9 nitrogen and oxygen atoms in total. The van der Waals surface area contributed by atoms with Gasteiger partial charge in [0, 0.05) is 16.5 Å². The Labute approximate surface area is 206 Å². The van der Waals surface area contributed by atoms with Gasteiger partial charge >= 0.3 is 0 Å². The molecular formula is C27H24N4O5. The molecule has 0 radical (unpaired) electrons. The van der Waals surface area contributed by atoms with Crippen molar-refractivity contribution in [1.29, 1.82) is 0 Å². The van der Waals surface area contributed by atoms with E-state index in [0.29, 0.717) is 40.6 Å². The molecule has 5 rings (SSSR count). The number of methoxy groups -OCH3 is 2. The van der Waals surface area contributed by atoms with Crippen LogP contribution in [-0.2, 0) is 6.54 Å². The van der Waals surface area contributed by atoms with Gasteiger partial charge in [0.05, 0.1) is 31.9 Å². The molecule has 9 heteroatoms. The molecule has 2 aromatic heterocycles. The van der Waals surface area contributed by atoms with Gasteiger partial charge in [0.1, 0.15) is 12.3 Å². The van der Waals surface area contributed by atoms with Crippen molar-refractivity contribution in [1.82, 2.24) is 19.9 Å². The molecule has 3 aromatic carbocycles. The van der Waals surface area contributed by atoms with Crippen molar-refractivity contribution >= 4 is 10.8 Å². The lowest BCUT2D eigenvalue weighted by Gasteiger charge is -2.10. The van der Waals surface area contributed by atoms with E-state index in [1.165, 1.54) is 4.68 Å². The Balaban J connectivity index is 1.51. The molecule has 0 N–H and O–H groups in total. The van der Waals surface area contributed by atoms with Crippen LogP contribution in [-0.4, -0.2) is 40.7 Å². The maximum absolute atomic E-state index is 13.2. The summed E-state index contributed by atoms with van der Waals surface area (Å²) in [5.41, 5.74) is 1.98. The molecule has 2 heterocycles. The van der Waals surface area contributed by atoms with E-state index in [0.717, 1.165) is 16.7 Å². The first-order valence-electron chi connectivity index (χ1n) is 11.4. The van der Waals surface area contributed by atoms with Gasteiger partial charge in [-0.1, -0.05) is 23.4 Å². The molecule has 0 saturated carbocycles. The van der Waals surface area contributed by atoms with Crippen LogP contribution in [0.15, 0.2) is 76.0 Å². The van der Waals surface area contributed by atoms with Crippen LogP contribution in [0.25, 0.3) is 33.4 Å². The van der Waals surface area contributed by atoms with Crippen LogP contribution in [0.2, 0.25) is 0 Å². The molecule has 0 amide bonds. The summed E-state index contributed by atoms with van der Waals surface area (Å²) in [5, 5.41) is 10.1. The normalized spacial score (nSPS) is 11.0. The molecule has 0 bridgehead atoms. The van der Waals surface area contributed by atoms with Gasteiger partial charge in [0.15, 0.2) is 11.5 Å². The maximum atomic E-state index is 13.2. The Kier molecular flexibility index (Phi) is 6.36. The Hall–Kier alpha value is -4.66. The minimum Gasteiger partial charge on any atom is -0.497 e. The van der Waals surface area contributed by atoms with Crippen molar-refractivity contribution in [2.75, 3.05) is 20.8 Å². The average Bonchev–Trinajstić information content (AvgIpc) is 3.39. The van der Waals surface area contributed by atoms with Gasteiger partial charge in [0.25, 0.3) is 5.56 Å². The van der Waals surface area contributed by atoms with Crippen molar-refractivity contribution in [2.45, 2.75) is 13.5 Å². The zero-order valence-electron chi connectivity index (χ0n) is 20.1. The van der Waals surface area contributed by atoms with Crippen molar-refractivity contribution in [2.24, 2.45) is 0 Å². The highest BCUT2D eigenvalue weighted by Crippen LogP contribution is 2.32. The fourth-order valence-electron chi connectivity index (χ4n) is 3.95. The van der Waals surface area contributed by atoms with Crippen LogP contribution in [0, 0.1) is 0 Å². The first kappa shape index (κ1) is 23.1. The smallest absolute Gasteiger partial charge is 0.275 e. The monoisotopic (exact) mass is 484 g/mol. The predicted octanol–water partition coefficient (Wildman–Crippen LogP) is 4.58. The molecule has 5 aromatic rings. The fraction of sp³-hybridized carbons (Fsp3) is 0.185. The van der Waals surface area contributed by atoms with Crippen LogP contribution in [0.3, 0.4) is 0 Å². The van der Waals surface area contributed by atoms with Crippen molar-refractivity contribution < 1.29 is 18.7 Å². The maximum Gasteiger partial charge on any atom is 0.275 e. The van der Waals surface area contributed by atoms with Gasteiger partial charge in [-0.3, -0.25) is 4.79 Å². The van der Waals surface area contributed by atoms with Crippen LogP contribution in [0.1, 0.15) is 12.8 Å². The zero-order chi connectivity index (χ0) is 25.1.